The van der Waals surface area contributed by atoms with Gasteiger partial charge in [0.25, 0.3) is 0 Å². The maximum Gasteiger partial charge on any atom is 0.133 e. The van der Waals surface area contributed by atoms with Crippen molar-refractivity contribution in [1.29, 1.82) is 0 Å². The van der Waals surface area contributed by atoms with E-state index in [2.05, 4.69) is 40.2 Å². The summed E-state index contributed by atoms with van der Waals surface area (Å²) in [6.07, 6.45) is 17.5. The van der Waals surface area contributed by atoms with Gasteiger partial charge in [-0.2, -0.15) is 0 Å². The van der Waals surface area contributed by atoms with Crippen molar-refractivity contribution in [2.75, 3.05) is 6.61 Å². The molecule has 1 fully saturated rings. The fourth-order valence-electron chi connectivity index (χ4n) is 3.55. The van der Waals surface area contributed by atoms with Gasteiger partial charge in [0.15, 0.2) is 0 Å². The minimum Gasteiger partial charge on any atom is -0.393 e. The van der Waals surface area contributed by atoms with E-state index in [-0.39, 0.29) is 12.5 Å². The Kier molecular flexibility index (Phi) is 6.88. The number of alkyl halides is 1. The molecule has 1 saturated carbocycles. The van der Waals surface area contributed by atoms with E-state index in [0.29, 0.717) is 5.92 Å². The molecular formula is C19H28BrFO. The summed E-state index contributed by atoms with van der Waals surface area (Å²) in [6.45, 7) is 1.20. The predicted octanol–water partition coefficient (Wildman–Crippen LogP) is 5.85. The van der Waals surface area contributed by atoms with Crippen LogP contribution in [0.3, 0.4) is 0 Å². The van der Waals surface area contributed by atoms with Crippen LogP contribution in [0.1, 0.15) is 58.3 Å². The molecule has 1 nitrogen and oxygen atoms in total. The minimum atomic E-state index is -1.39. The first-order valence-corrected chi connectivity index (χ1v) is 9.33. The Labute approximate surface area is 142 Å². The summed E-state index contributed by atoms with van der Waals surface area (Å²) < 4.78 is 15.3. The van der Waals surface area contributed by atoms with Gasteiger partial charge in [0.05, 0.1) is 6.61 Å². The molecule has 1 atom stereocenters. The smallest absolute Gasteiger partial charge is 0.133 e. The molecule has 0 aliphatic heterocycles. The van der Waals surface area contributed by atoms with Gasteiger partial charge in [0.1, 0.15) is 5.67 Å². The first-order valence-electron chi connectivity index (χ1n) is 8.54. The van der Waals surface area contributed by atoms with Gasteiger partial charge in [0.2, 0.25) is 0 Å². The lowest BCUT2D eigenvalue weighted by atomic mass is 9.74. The molecular weight excluding hydrogens is 343 g/mol. The van der Waals surface area contributed by atoms with Crippen LogP contribution < -0.4 is 0 Å². The number of aliphatic hydroxyl groups is 1. The summed E-state index contributed by atoms with van der Waals surface area (Å²) in [7, 11) is 0. The average molecular weight is 371 g/mol. The predicted molar refractivity (Wildman–Crippen MR) is 94.7 cm³/mol. The molecule has 0 aromatic carbocycles. The molecule has 0 amide bonds. The van der Waals surface area contributed by atoms with E-state index in [1.54, 1.807) is 6.92 Å². The molecule has 0 radical (unpaired) electrons. The molecule has 2 rings (SSSR count). The third kappa shape index (κ3) is 5.34. The van der Waals surface area contributed by atoms with Crippen LogP contribution in [-0.2, 0) is 0 Å². The Morgan fingerprint density at radius 2 is 1.86 bits per heavy atom. The van der Waals surface area contributed by atoms with Crippen molar-refractivity contribution in [2.45, 2.75) is 64.0 Å². The van der Waals surface area contributed by atoms with Crippen molar-refractivity contribution < 1.29 is 9.50 Å². The number of allylic oxidation sites excluding steroid dienone is 6. The second-order valence-electron chi connectivity index (χ2n) is 6.97. The first-order chi connectivity index (χ1) is 10.5. The van der Waals surface area contributed by atoms with Crippen molar-refractivity contribution in [3.63, 3.8) is 0 Å². The monoisotopic (exact) mass is 370 g/mol. The largest absolute Gasteiger partial charge is 0.393 e. The van der Waals surface area contributed by atoms with E-state index >= 15 is 0 Å². The maximum absolute atomic E-state index is 14.2. The standard InChI is InChI=1S/C19H28BrFO/c1-19(21,14-22)17-11-8-16(9-12-17)7-6-15-4-2-3-5-18(20)13-10-15/h4-5,10,13,16-17,22H,2-3,6-9,11-12,14H2,1H3/b13-10?,15-4?,18-5-. The van der Waals surface area contributed by atoms with Crippen LogP contribution in [-0.4, -0.2) is 17.4 Å². The van der Waals surface area contributed by atoms with Crippen molar-refractivity contribution in [1.82, 2.24) is 0 Å². The van der Waals surface area contributed by atoms with Crippen molar-refractivity contribution in [3.8, 4) is 0 Å². The van der Waals surface area contributed by atoms with Crippen LogP contribution in [0.25, 0.3) is 0 Å². The molecule has 0 aromatic rings. The minimum absolute atomic E-state index is 0.0374. The van der Waals surface area contributed by atoms with Gasteiger partial charge in [0, 0.05) is 4.48 Å². The summed E-state index contributed by atoms with van der Waals surface area (Å²) >= 11 is 3.55. The maximum atomic E-state index is 14.2. The molecule has 2 aliphatic carbocycles. The zero-order chi connectivity index (χ0) is 16.0. The average Bonchev–Trinajstić information content (AvgIpc) is 2.51. The SMILES string of the molecule is CC(F)(CO)C1CCC(CCC2=CCC/C=C(\Br)C=C2)CC1. The van der Waals surface area contributed by atoms with Gasteiger partial charge in [-0.05, 0) is 63.4 Å². The third-order valence-corrected chi connectivity index (χ3v) is 5.81. The third-order valence-electron chi connectivity index (χ3n) is 5.22. The second-order valence-corrected chi connectivity index (χ2v) is 7.89. The van der Waals surface area contributed by atoms with Gasteiger partial charge in [-0.1, -0.05) is 52.6 Å². The molecule has 0 bridgehead atoms. The Bertz CT molecular complexity index is 442. The normalized spacial score (nSPS) is 31.5. The molecule has 0 saturated heterocycles. The van der Waals surface area contributed by atoms with Crippen LogP contribution in [0.5, 0.6) is 0 Å². The molecule has 22 heavy (non-hydrogen) atoms. The highest BCUT2D eigenvalue weighted by Gasteiger charge is 2.36. The summed E-state index contributed by atoms with van der Waals surface area (Å²) in [6, 6.07) is 0. The quantitative estimate of drug-likeness (QED) is 0.643. The van der Waals surface area contributed by atoms with E-state index in [4.69, 9.17) is 5.11 Å². The fourth-order valence-corrected chi connectivity index (χ4v) is 3.91. The van der Waals surface area contributed by atoms with Crippen molar-refractivity contribution >= 4 is 15.9 Å². The molecule has 0 spiro atoms. The number of halogens is 2. The molecule has 0 aromatic heterocycles. The zero-order valence-electron chi connectivity index (χ0n) is 13.5. The highest BCUT2D eigenvalue weighted by atomic mass is 79.9. The summed E-state index contributed by atoms with van der Waals surface area (Å²) in [5.41, 5.74) is 0.0341. The van der Waals surface area contributed by atoms with Crippen LogP contribution in [0, 0.1) is 11.8 Å². The summed E-state index contributed by atoms with van der Waals surface area (Å²) in [5, 5.41) is 9.16. The molecule has 2 aliphatic rings. The van der Waals surface area contributed by atoms with Crippen molar-refractivity contribution in [2.24, 2.45) is 11.8 Å². The Morgan fingerprint density at radius 3 is 2.55 bits per heavy atom. The van der Waals surface area contributed by atoms with E-state index in [0.717, 1.165) is 44.9 Å². The Morgan fingerprint density at radius 1 is 1.18 bits per heavy atom. The highest BCUT2D eigenvalue weighted by Crippen LogP contribution is 2.39. The number of hydrogen-bond donors (Lipinski definition) is 1. The van der Waals surface area contributed by atoms with Gasteiger partial charge >= 0.3 is 0 Å². The van der Waals surface area contributed by atoms with Gasteiger partial charge in [-0.3, -0.25) is 0 Å². The topological polar surface area (TPSA) is 20.2 Å². The molecule has 124 valence electrons. The zero-order valence-corrected chi connectivity index (χ0v) is 15.1. The number of hydrogen-bond acceptors (Lipinski definition) is 1. The Balaban J connectivity index is 1.77. The lowest BCUT2D eigenvalue weighted by Crippen LogP contribution is -2.36. The highest BCUT2D eigenvalue weighted by molar-refractivity contribution is 9.11. The lowest BCUT2D eigenvalue weighted by molar-refractivity contribution is 0.00848. The van der Waals surface area contributed by atoms with E-state index in [1.165, 1.54) is 16.5 Å². The Hall–Kier alpha value is -0.410. The van der Waals surface area contributed by atoms with Crippen LogP contribution in [0.15, 0.2) is 34.4 Å². The van der Waals surface area contributed by atoms with E-state index in [1.807, 2.05) is 0 Å². The van der Waals surface area contributed by atoms with Crippen LogP contribution in [0.4, 0.5) is 4.39 Å². The van der Waals surface area contributed by atoms with Crippen LogP contribution in [0.2, 0.25) is 0 Å². The first kappa shape index (κ1) is 17.9. The number of rotatable bonds is 5. The molecule has 0 heterocycles. The van der Waals surface area contributed by atoms with Gasteiger partial charge in [-0.25, -0.2) is 4.39 Å². The number of aliphatic hydroxyl groups excluding tert-OH is 1. The van der Waals surface area contributed by atoms with E-state index in [9.17, 15) is 4.39 Å². The van der Waals surface area contributed by atoms with Gasteiger partial charge < -0.3 is 5.11 Å². The van der Waals surface area contributed by atoms with Crippen molar-refractivity contribution in [3.05, 3.63) is 34.4 Å². The van der Waals surface area contributed by atoms with Gasteiger partial charge in [-0.15, -0.1) is 0 Å². The molecule has 3 heteroatoms. The fraction of sp³-hybridized carbons (Fsp3) is 0.684. The van der Waals surface area contributed by atoms with Crippen LogP contribution >= 0.6 is 15.9 Å². The summed E-state index contributed by atoms with van der Waals surface area (Å²) in [4.78, 5) is 0. The van der Waals surface area contributed by atoms with E-state index < -0.39 is 5.67 Å². The molecule has 1 N–H and O–H groups in total. The molecule has 1 unspecified atom stereocenters. The summed E-state index contributed by atoms with van der Waals surface area (Å²) in [5.74, 6) is 0.750. The lowest BCUT2D eigenvalue weighted by Gasteiger charge is -2.35. The second kappa shape index (κ2) is 8.44.